The number of rotatable bonds is 5. The first-order chi connectivity index (χ1) is 17.9. The van der Waals surface area contributed by atoms with Crippen molar-refractivity contribution >= 4 is 33.6 Å². The summed E-state index contributed by atoms with van der Waals surface area (Å²) in [5.74, 6) is -1.61. The van der Waals surface area contributed by atoms with Gasteiger partial charge < -0.3 is 14.8 Å². The lowest BCUT2D eigenvalue weighted by Gasteiger charge is -2.26. The third kappa shape index (κ3) is 3.74. The quantitative estimate of drug-likeness (QED) is 0.270. The van der Waals surface area contributed by atoms with Crippen LogP contribution >= 0.6 is 0 Å². The molecule has 2 aromatic carbocycles. The lowest BCUT2D eigenvalue weighted by atomic mass is 10.2. The molecule has 14 heteroatoms. The summed E-state index contributed by atoms with van der Waals surface area (Å²) in [7, 11) is 0. The third-order valence-electron chi connectivity index (χ3n) is 5.84. The van der Waals surface area contributed by atoms with Crippen LogP contribution in [0.1, 0.15) is 0 Å². The lowest BCUT2D eigenvalue weighted by molar-refractivity contribution is -0.385. The van der Waals surface area contributed by atoms with E-state index in [0.717, 1.165) is 10.6 Å². The van der Waals surface area contributed by atoms with Gasteiger partial charge in [0.2, 0.25) is 5.95 Å². The Morgan fingerprint density at radius 1 is 1.19 bits per heavy atom. The number of nitrogens with one attached hydrogen (secondary N) is 2. The summed E-state index contributed by atoms with van der Waals surface area (Å²) in [5, 5.41) is 21.1. The Bertz CT molecular complexity index is 1770. The Hall–Kier alpha value is -5.14. The first-order valence-corrected chi connectivity index (χ1v) is 10.9. The normalized spacial score (nSPS) is 14.7. The highest BCUT2D eigenvalue weighted by atomic mass is 19.2. The summed E-state index contributed by atoms with van der Waals surface area (Å²) >= 11 is 0. The van der Waals surface area contributed by atoms with Crippen LogP contribution in [0.15, 0.2) is 53.6 Å². The molecule has 5 aromatic rings. The van der Waals surface area contributed by atoms with Gasteiger partial charge in [0.05, 0.1) is 45.7 Å². The number of fused-ring (bicyclic) bond motifs is 4. The summed E-state index contributed by atoms with van der Waals surface area (Å²) in [6.07, 6.45) is 2.24. The van der Waals surface area contributed by atoms with Crippen molar-refractivity contribution in [1.82, 2.24) is 24.7 Å². The molecule has 0 spiro atoms. The van der Waals surface area contributed by atoms with Gasteiger partial charge in [-0.3, -0.25) is 24.6 Å². The largest absolute Gasteiger partial charge is 0.485 e. The molecule has 1 aliphatic heterocycles. The zero-order valence-electron chi connectivity index (χ0n) is 18.6. The van der Waals surface area contributed by atoms with Gasteiger partial charge in [0.25, 0.3) is 11.2 Å². The molecular formula is C23H15F2N7O5. The Balaban J connectivity index is 1.34. The van der Waals surface area contributed by atoms with Gasteiger partial charge in [-0.05, 0) is 18.2 Å². The minimum Gasteiger partial charge on any atom is -0.485 e. The first kappa shape index (κ1) is 22.3. The molecule has 0 unspecified atom stereocenters. The topological polar surface area (TPSA) is 150 Å². The van der Waals surface area contributed by atoms with Gasteiger partial charge in [-0.2, -0.15) is 10.1 Å². The van der Waals surface area contributed by atoms with E-state index in [9.17, 15) is 23.7 Å². The van der Waals surface area contributed by atoms with E-state index in [-0.39, 0.29) is 47.3 Å². The van der Waals surface area contributed by atoms with Crippen LogP contribution in [-0.2, 0) is 0 Å². The number of pyridine rings is 1. The highest BCUT2D eigenvalue weighted by molar-refractivity contribution is 6.02. The summed E-state index contributed by atoms with van der Waals surface area (Å²) < 4.78 is 41.1. The van der Waals surface area contributed by atoms with Crippen LogP contribution in [0.3, 0.4) is 0 Å². The number of aromatic nitrogens is 5. The fourth-order valence-electron chi connectivity index (χ4n) is 4.09. The lowest BCUT2D eigenvalue weighted by Crippen LogP contribution is -2.35. The number of benzene rings is 2. The minimum atomic E-state index is -1.20. The van der Waals surface area contributed by atoms with E-state index < -0.39 is 28.2 Å². The predicted molar refractivity (Wildman–Crippen MR) is 126 cm³/mol. The molecule has 0 saturated carbocycles. The monoisotopic (exact) mass is 507 g/mol. The van der Waals surface area contributed by atoms with Crippen molar-refractivity contribution in [2.24, 2.45) is 0 Å². The van der Waals surface area contributed by atoms with Gasteiger partial charge in [0.15, 0.2) is 28.8 Å². The highest BCUT2D eigenvalue weighted by Gasteiger charge is 2.24. The maximum atomic E-state index is 14.7. The standard InChI is InChI=1S/C23H15F2N7O5/c24-15-2-1-3-16(19(15)25)31-21-13(20-14(22(31)33)9-28-30-20)8-27-23(29-21)26-7-12-10-36-18-6-11(32(34)35)4-5-17(18)37-12/h1-6,8-9,12H,7,10H2,(H,28,30)(H,26,27,29)/t12-/m0/s1. The van der Waals surface area contributed by atoms with Crippen molar-refractivity contribution in [3.05, 3.63) is 80.9 Å². The van der Waals surface area contributed by atoms with Gasteiger partial charge in [0, 0.05) is 12.3 Å². The zero-order valence-corrected chi connectivity index (χ0v) is 18.6. The number of nitro benzene ring substituents is 1. The smallest absolute Gasteiger partial charge is 0.273 e. The molecule has 0 amide bonds. The number of hydrogen-bond acceptors (Lipinski definition) is 9. The van der Waals surface area contributed by atoms with Crippen molar-refractivity contribution in [2.45, 2.75) is 6.10 Å². The molecule has 0 fully saturated rings. The number of aromatic amines is 1. The molecule has 12 nitrogen and oxygen atoms in total. The summed E-state index contributed by atoms with van der Waals surface area (Å²) in [4.78, 5) is 32.3. The van der Waals surface area contributed by atoms with Crippen LogP contribution in [0, 0.1) is 21.7 Å². The molecule has 1 aliphatic rings. The molecule has 0 saturated heterocycles. The summed E-state index contributed by atoms with van der Waals surface area (Å²) in [6, 6.07) is 7.56. The average molecular weight is 507 g/mol. The second-order valence-electron chi connectivity index (χ2n) is 8.12. The van der Waals surface area contributed by atoms with Crippen LogP contribution in [-0.4, -0.2) is 48.9 Å². The van der Waals surface area contributed by atoms with E-state index in [2.05, 4.69) is 25.5 Å². The van der Waals surface area contributed by atoms with Gasteiger partial charge in [-0.25, -0.2) is 13.8 Å². The second-order valence-corrected chi connectivity index (χ2v) is 8.12. The molecule has 1 atom stereocenters. The number of halogens is 2. The average Bonchev–Trinajstić information content (AvgIpc) is 3.40. The predicted octanol–water partition coefficient (Wildman–Crippen LogP) is 3.10. The molecule has 2 N–H and O–H groups in total. The molecule has 0 aliphatic carbocycles. The second kappa shape index (κ2) is 8.51. The van der Waals surface area contributed by atoms with Crippen molar-refractivity contribution in [1.29, 1.82) is 0 Å². The zero-order chi connectivity index (χ0) is 25.7. The molecule has 0 radical (unpaired) electrons. The number of H-pyrrole nitrogens is 1. The maximum absolute atomic E-state index is 14.7. The van der Waals surface area contributed by atoms with E-state index in [4.69, 9.17) is 9.47 Å². The Morgan fingerprint density at radius 3 is 2.89 bits per heavy atom. The number of nitrogens with zero attached hydrogens (tertiary/aromatic N) is 5. The Kier molecular flexibility index (Phi) is 5.14. The van der Waals surface area contributed by atoms with Gasteiger partial charge >= 0.3 is 0 Å². The van der Waals surface area contributed by atoms with Crippen LogP contribution < -0.4 is 20.3 Å². The van der Waals surface area contributed by atoms with Crippen molar-refractivity contribution in [2.75, 3.05) is 18.5 Å². The molecule has 37 heavy (non-hydrogen) atoms. The Morgan fingerprint density at radius 2 is 2.05 bits per heavy atom. The number of ether oxygens (including phenoxy) is 2. The van der Waals surface area contributed by atoms with Crippen LogP contribution in [0.25, 0.3) is 27.6 Å². The fraction of sp³-hybridized carbons (Fsp3) is 0.130. The maximum Gasteiger partial charge on any atom is 0.273 e. The fourth-order valence-corrected chi connectivity index (χ4v) is 4.09. The molecule has 3 aromatic heterocycles. The Labute approximate surface area is 204 Å². The van der Waals surface area contributed by atoms with Gasteiger partial charge in [-0.15, -0.1) is 0 Å². The first-order valence-electron chi connectivity index (χ1n) is 10.9. The van der Waals surface area contributed by atoms with Crippen molar-refractivity contribution < 1.29 is 23.2 Å². The number of hydrogen-bond donors (Lipinski definition) is 2. The SMILES string of the molecule is O=c1c2cn[nH]c2c2cnc(NC[C@H]3COc4cc([N+](=O)[O-])ccc4O3)nc2n1-c1cccc(F)c1F. The van der Waals surface area contributed by atoms with Crippen molar-refractivity contribution in [3.8, 4) is 17.2 Å². The van der Waals surface area contributed by atoms with Gasteiger partial charge in [0.1, 0.15) is 12.7 Å². The van der Waals surface area contributed by atoms with E-state index in [0.29, 0.717) is 16.7 Å². The molecule has 6 rings (SSSR count). The highest BCUT2D eigenvalue weighted by Crippen LogP contribution is 2.35. The van der Waals surface area contributed by atoms with Crippen molar-refractivity contribution in [3.63, 3.8) is 0 Å². The summed E-state index contributed by atoms with van der Waals surface area (Å²) in [6.45, 7) is 0.273. The van der Waals surface area contributed by atoms with E-state index in [1.165, 1.54) is 42.7 Å². The number of anilines is 1. The van der Waals surface area contributed by atoms with E-state index in [1.54, 1.807) is 0 Å². The van der Waals surface area contributed by atoms with Crippen LogP contribution in [0.5, 0.6) is 11.5 Å². The van der Waals surface area contributed by atoms with Gasteiger partial charge in [-0.1, -0.05) is 6.07 Å². The molecule has 4 heterocycles. The number of nitro groups is 1. The molecule has 0 bridgehead atoms. The minimum absolute atomic E-state index is 0.0298. The van der Waals surface area contributed by atoms with Crippen LogP contribution in [0.4, 0.5) is 20.4 Å². The van der Waals surface area contributed by atoms with E-state index in [1.807, 2.05) is 0 Å². The third-order valence-corrected chi connectivity index (χ3v) is 5.84. The molecular weight excluding hydrogens is 492 g/mol. The summed E-state index contributed by atoms with van der Waals surface area (Å²) in [5.41, 5.74) is -0.676. The van der Waals surface area contributed by atoms with E-state index >= 15 is 0 Å². The molecule has 186 valence electrons. The number of non-ortho nitro benzene ring substituents is 1. The van der Waals surface area contributed by atoms with Crippen LogP contribution in [0.2, 0.25) is 0 Å².